The van der Waals surface area contributed by atoms with Crippen LogP contribution in [0, 0.1) is 0 Å². The van der Waals surface area contributed by atoms with Gasteiger partial charge >= 0.3 is 6.01 Å². The molecule has 28 heavy (non-hydrogen) atoms. The Morgan fingerprint density at radius 1 is 1.14 bits per heavy atom. The molecule has 2 N–H and O–H groups in total. The highest BCUT2D eigenvalue weighted by Crippen LogP contribution is 2.32. The van der Waals surface area contributed by atoms with E-state index in [9.17, 15) is 5.11 Å². The lowest BCUT2D eigenvalue weighted by Gasteiger charge is -2.15. The Morgan fingerprint density at radius 3 is 2.61 bits per heavy atom. The van der Waals surface area contributed by atoms with Gasteiger partial charge in [-0.2, -0.15) is 4.68 Å². The van der Waals surface area contributed by atoms with Crippen LogP contribution in [0.2, 0.25) is 0 Å². The molecule has 0 saturated heterocycles. The van der Waals surface area contributed by atoms with Crippen LogP contribution >= 0.6 is 0 Å². The lowest BCUT2D eigenvalue weighted by atomic mass is 10.1. The molecule has 0 bridgehead atoms. The highest BCUT2D eigenvalue weighted by atomic mass is 35.5. The Bertz CT molecular complexity index is 856. The van der Waals surface area contributed by atoms with Crippen molar-refractivity contribution in [1.82, 2.24) is 25.5 Å². The predicted molar refractivity (Wildman–Crippen MR) is 100 cm³/mol. The van der Waals surface area contributed by atoms with E-state index in [1.54, 1.807) is 7.11 Å². The van der Waals surface area contributed by atoms with Gasteiger partial charge in [0.1, 0.15) is 0 Å². The third kappa shape index (κ3) is 5.19. The fourth-order valence-corrected chi connectivity index (χ4v) is 2.58. The monoisotopic (exact) mass is 404 g/mol. The van der Waals surface area contributed by atoms with Gasteiger partial charge in [0.2, 0.25) is 0 Å². The van der Waals surface area contributed by atoms with E-state index in [-0.39, 0.29) is 31.1 Å². The number of benzene rings is 2. The average Bonchev–Trinajstić information content (AvgIpc) is 3.18. The van der Waals surface area contributed by atoms with E-state index in [2.05, 4.69) is 20.8 Å². The summed E-state index contributed by atoms with van der Waals surface area (Å²) in [5.41, 5.74) is 1.82. The molecule has 1 unspecified atom stereocenters. The number of hydrogen-bond donors (Lipinski definition) is 2. The molecule has 150 valence electrons. The molecule has 1 atom stereocenters. The van der Waals surface area contributed by atoms with Crippen LogP contribution in [0.25, 0.3) is 5.69 Å². The maximum absolute atomic E-state index is 9.28. The van der Waals surface area contributed by atoms with Gasteiger partial charge in [0.15, 0.2) is 11.5 Å². The lowest BCUT2D eigenvalue weighted by Crippen LogP contribution is -3.00. The van der Waals surface area contributed by atoms with Crippen LogP contribution in [0.1, 0.15) is 18.9 Å². The van der Waals surface area contributed by atoms with Gasteiger partial charge in [-0.1, -0.05) is 36.3 Å². The fraction of sp³-hybridized carbons (Fsp3) is 0.316. The first-order chi connectivity index (χ1) is 13.2. The largest absolute Gasteiger partial charge is 1.00 e. The van der Waals surface area contributed by atoms with Crippen molar-refractivity contribution in [3.8, 4) is 23.2 Å². The quantitative estimate of drug-likeness (QED) is 0.488. The van der Waals surface area contributed by atoms with E-state index in [4.69, 9.17) is 9.47 Å². The number of aromatic nitrogens is 4. The molecule has 0 spiro atoms. The molecule has 3 rings (SSSR count). The van der Waals surface area contributed by atoms with Crippen LogP contribution in [0.5, 0.6) is 17.5 Å². The molecule has 0 fully saturated rings. The molecule has 0 amide bonds. The SMILES string of the molecule is CCC(CO)NCc1ccc(Oc2nnnn2-c2ccccc2)c(OC)c1.[Cl-]. The van der Waals surface area contributed by atoms with E-state index < -0.39 is 0 Å². The number of ether oxygens (including phenoxy) is 2. The molecule has 9 heteroatoms. The zero-order valence-corrected chi connectivity index (χ0v) is 16.5. The number of hydrogen-bond acceptors (Lipinski definition) is 7. The Balaban J connectivity index is 0.00000280. The minimum atomic E-state index is 0. The summed E-state index contributed by atoms with van der Waals surface area (Å²) in [5, 5.41) is 24.2. The van der Waals surface area contributed by atoms with Gasteiger partial charge in [-0.15, -0.1) is 0 Å². The summed E-state index contributed by atoms with van der Waals surface area (Å²) in [5.74, 6) is 1.09. The summed E-state index contributed by atoms with van der Waals surface area (Å²) < 4.78 is 12.9. The molecular weight excluding hydrogens is 382 g/mol. The molecule has 0 radical (unpaired) electrons. The van der Waals surface area contributed by atoms with Crippen LogP contribution < -0.4 is 27.2 Å². The fourth-order valence-electron chi connectivity index (χ4n) is 2.58. The van der Waals surface area contributed by atoms with Gasteiger partial charge in [0.05, 0.1) is 19.4 Å². The molecule has 0 aliphatic rings. The third-order valence-electron chi connectivity index (χ3n) is 4.18. The van der Waals surface area contributed by atoms with Crippen molar-refractivity contribution in [2.45, 2.75) is 25.9 Å². The zero-order chi connectivity index (χ0) is 19.1. The van der Waals surface area contributed by atoms with Gasteiger partial charge in [0, 0.05) is 12.6 Å². The lowest BCUT2D eigenvalue weighted by molar-refractivity contribution is -0.00000751. The summed E-state index contributed by atoms with van der Waals surface area (Å²) >= 11 is 0. The van der Waals surface area contributed by atoms with E-state index in [0.717, 1.165) is 17.7 Å². The number of methoxy groups -OCH3 is 1. The summed E-state index contributed by atoms with van der Waals surface area (Å²) in [4.78, 5) is 0. The molecule has 0 aliphatic heterocycles. The summed E-state index contributed by atoms with van der Waals surface area (Å²) in [6.45, 7) is 2.76. The van der Waals surface area contributed by atoms with Crippen LogP contribution in [0.3, 0.4) is 0 Å². The molecular formula is C19H23ClN5O3-. The Labute approximate surface area is 169 Å². The molecule has 3 aromatic rings. The number of nitrogens with one attached hydrogen (secondary N) is 1. The smallest absolute Gasteiger partial charge is 0.346 e. The number of nitrogens with zero attached hydrogens (tertiary/aromatic N) is 4. The van der Waals surface area contributed by atoms with Crippen LogP contribution in [0.15, 0.2) is 48.5 Å². The Kier molecular flexibility index (Phi) is 8.19. The molecule has 0 aliphatic carbocycles. The highest BCUT2D eigenvalue weighted by Gasteiger charge is 2.14. The predicted octanol–water partition coefficient (Wildman–Crippen LogP) is -0.672. The zero-order valence-electron chi connectivity index (χ0n) is 15.7. The van der Waals surface area contributed by atoms with Crippen molar-refractivity contribution < 1.29 is 27.0 Å². The number of para-hydroxylation sites is 1. The minimum Gasteiger partial charge on any atom is -1.00 e. The number of halogens is 1. The maximum Gasteiger partial charge on any atom is 0.346 e. The number of aliphatic hydroxyl groups excluding tert-OH is 1. The van der Waals surface area contributed by atoms with Crippen molar-refractivity contribution in [2.24, 2.45) is 0 Å². The molecule has 1 heterocycles. The average molecular weight is 405 g/mol. The van der Waals surface area contributed by atoms with Gasteiger partial charge < -0.3 is 32.3 Å². The van der Waals surface area contributed by atoms with Gasteiger partial charge in [0.25, 0.3) is 0 Å². The van der Waals surface area contributed by atoms with Crippen molar-refractivity contribution in [3.63, 3.8) is 0 Å². The van der Waals surface area contributed by atoms with Crippen molar-refractivity contribution in [1.29, 1.82) is 0 Å². The van der Waals surface area contributed by atoms with E-state index in [1.165, 1.54) is 4.68 Å². The standard InChI is InChI=1S/C19H23N5O3.ClH/c1-3-15(13-25)20-12-14-9-10-17(18(11-14)26-2)27-19-21-22-23-24(19)16-7-5-4-6-8-16;/h4-11,15,20,25H,3,12-13H2,1-2H3;1H/p-1. The summed E-state index contributed by atoms with van der Waals surface area (Å²) in [6, 6.07) is 15.5. The molecule has 8 nitrogen and oxygen atoms in total. The second-order valence-electron chi connectivity index (χ2n) is 5.96. The number of rotatable bonds is 9. The van der Waals surface area contributed by atoms with Crippen LogP contribution in [0.4, 0.5) is 0 Å². The molecule has 1 aromatic heterocycles. The first-order valence-corrected chi connectivity index (χ1v) is 8.78. The number of aliphatic hydroxyl groups is 1. The number of tetrazole rings is 1. The minimum absolute atomic E-state index is 0. The topological polar surface area (TPSA) is 94.3 Å². The summed E-state index contributed by atoms with van der Waals surface area (Å²) in [6.07, 6.45) is 0.858. The molecule has 0 saturated carbocycles. The molecule has 2 aromatic carbocycles. The van der Waals surface area contributed by atoms with Gasteiger partial charge in [-0.3, -0.25) is 0 Å². The van der Waals surface area contributed by atoms with Crippen LogP contribution in [-0.4, -0.2) is 45.1 Å². The first-order valence-electron chi connectivity index (χ1n) is 8.78. The van der Waals surface area contributed by atoms with E-state index >= 15 is 0 Å². The van der Waals surface area contributed by atoms with E-state index in [1.807, 2.05) is 55.5 Å². The normalized spacial score (nSPS) is 11.5. The highest BCUT2D eigenvalue weighted by molar-refractivity contribution is 5.44. The van der Waals surface area contributed by atoms with Gasteiger partial charge in [-0.05, 0) is 46.7 Å². The second-order valence-corrected chi connectivity index (χ2v) is 5.96. The maximum atomic E-state index is 9.28. The second kappa shape index (κ2) is 10.6. The third-order valence-corrected chi connectivity index (χ3v) is 4.18. The van der Waals surface area contributed by atoms with Gasteiger partial charge in [-0.25, -0.2) is 0 Å². The Hall–Kier alpha value is -2.68. The Morgan fingerprint density at radius 2 is 1.93 bits per heavy atom. The van der Waals surface area contributed by atoms with Crippen molar-refractivity contribution in [2.75, 3.05) is 13.7 Å². The first kappa shape index (κ1) is 21.6. The van der Waals surface area contributed by atoms with Crippen LogP contribution in [-0.2, 0) is 6.54 Å². The van der Waals surface area contributed by atoms with E-state index in [0.29, 0.717) is 18.0 Å². The summed E-state index contributed by atoms with van der Waals surface area (Å²) in [7, 11) is 1.59. The van der Waals surface area contributed by atoms with Crippen molar-refractivity contribution in [3.05, 3.63) is 54.1 Å². The van der Waals surface area contributed by atoms with Crippen molar-refractivity contribution >= 4 is 0 Å².